The topological polar surface area (TPSA) is 81.0 Å². The van der Waals surface area contributed by atoms with Crippen molar-refractivity contribution in [3.05, 3.63) is 28.6 Å². The second-order valence-corrected chi connectivity index (χ2v) is 9.44. The van der Waals surface area contributed by atoms with Crippen molar-refractivity contribution in [1.82, 2.24) is 9.47 Å². The summed E-state index contributed by atoms with van der Waals surface area (Å²) in [6.07, 6.45) is 3.24. The van der Waals surface area contributed by atoms with Crippen LogP contribution in [0.25, 0.3) is 10.2 Å². The molecule has 1 fully saturated rings. The molecule has 30 heavy (non-hydrogen) atoms. The van der Waals surface area contributed by atoms with Crippen LogP contribution in [0.5, 0.6) is 0 Å². The Morgan fingerprint density at radius 2 is 2.07 bits per heavy atom. The third-order valence-corrected chi connectivity index (χ3v) is 7.09. The number of thioether (sulfide) groups is 1. The van der Waals surface area contributed by atoms with Crippen LogP contribution >= 0.6 is 23.1 Å². The number of ether oxygens (including phenoxy) is 1. The Morgan fingerprint density at radius 1 is 1.27 bits per heavy atom. The van der Waals surface area contributed by atoms with Gasteiger partial charge < -0.3 is 14.2 Å². The zero-order chi connectivity index (χ0) is 21.7. The fourth-order valence-corrected chi connectivity index (χ4v) is 5.35. The first-order chi connectivity index (χ1) is 14.4. The molecule has 0 radical (unpaired) electrons. The molecule has 3 rings (SSSR count). The molecule has 162 valence electrons. The van der Waals surface area contributed by atoms with Gasteiger partial charge >= 0.3 is 5.97 Å². The van der Waals surface area contributed by atoms with Gasteiger partial charge in [0, 0.05) is 12.6 Å². The molecular formula is C21H27N3O4S2. The van der Waals surface area contributed by atoms with Crippen molar-refractivity contribution >= 4 is 51.1 Å². The van der Waals surface area contributed by atoms with E-state index in [-0.39, 0.29) is 35.9 Å². The number of carbonyl (C=O) groups is 3. The molecule has 1 aliphatic rings. The highest BCUT2D eigenvalue weighted by Crippen LogP contribution is 2.20. The monoisotopic (exact) mass is 449 g/mol. The molecule has 0 spiro atoms. The van der Waals surface area contributed by atoms with Gasteiger partial charge in [-0.15, -0.1) is 11.8 Å². The molecule has 0 bridgehead atoms. The number of piperidine rings is 1. The molecule has 9 heteroatoms. The Hall–Kier alpha value is -2.13. The van der Waals surface area contributed by atoms with E-state index in [2.05, 4.69) is 11.9 Å². The zero-order valence-electron chi connectivity index (χ0n) is 17.6. The van der Waals surface area contributed by atoms with Gasteiger partial charge in [0.05, 0.1) is 28.8 Å². The van der Waals surface area contributed by atoms with E-state index in [0.29, 0.717) is 4.80 Å². The summed E-state index contributed by atoms with van der Waals surface area (Å²) in [6.45, 7) is 4.85. The van der Waals surface area contributed by atoms with E-state index >= 15 is 0 Å². The van der Waals surface area contributed by atoms with Crippen molar-refractivity contribution in [2.75, 3.05) is 25.2 Å². The minimum atomic E-state index is -0.403. The van der Waals surface area contributed by atoms with E-state index in [1.54, 1.807) is 4.57 Å². The van der Waals surface area contributed by atoms with Gasteiger partial charge in [0.25, 0.3) is 5.91 Å². The molecule has 0 aliphatic carbocycles. The Morgan fingerprint density at radius 3 is 2.80 bits per heavy atom. The lowest BCUT2D eigenvalue weighted by molar-refractivity contribution is -0.141. The number of benzene rings is 1. The van der Waals surface area contributed by atoms with Gasteiger partial charge in [-0.25, -0.2) is 0 Å². The largest absolute Gasteiger partial charge is 0.468 e. The minimum Gasteiger partial charge on any atom is -0.468 e. The molecule has 1 aromatic carbocycles. The first-order valence-electron chi connectivity index (χ1n) is 10.0. The third-order valence-electron chi connectivity index (χ3n) is 5.15. The SMILES string of the molecule is COC(=O)Cn1c(=NC(=O)CSCC(=O)N2CCCCC2C)sc2cc(C)ccc21. The van der Waals surface area contributed by atoms with Gasteiger partial charge in [-0.1, -0.05) is 17.4 Å². The van der Waals surface area contributed by atoms with Crippen molar-refractivity contribution in [2.24, 2.45) is 4.99 Å². The van der Waals surface area contributed by atoms with Crippen LogP contribution < -0.4 is 4.80 Å². The molecule has 0 saturated carbocycles. The van der Waals surface area contributed by atoms with Crippen LogP contribution in [0.1, 0.15) is 31.7 Å². The van der Waals surface area contributed by atoms with E-state index in [1.165, 1.54) is 30.2 Å². The number of methoxy groups -OCH3 is 1. The summed E-state index contributed by atoms with van der Waals surface area (Å²) in [5.41, 5.74) is 1.93. The quantitative estimate of drug-likeness (QED) is 0.634. The average Bonchev–Trinajstić information content (AvgIpc) is 3.03. The van der Waals surface area contributed by atoms with Gasteiger partial charge in [-0.05, 0) is 50.8 Å². The Labute approximate surface area is 184 Å². The molecule has 2 aromatic rings. The van der Waals surface area contributed by atoms with Gasteiger partial charge in [0.2, 0.25) is 5.91 Å². The number of hydrogen-bond donors (Lipinski definition) is 0. The van der Waals surface area contributed by atoms with Crippen molar-refractivity contribution in [2.45, 2.75) is 45.7 Å². The molecule has 1 saturated heterocycles. The number of aromatic nitrogens is 1. The van der Waals surface area contributed by atoms with Gasteiger partial charge in [0.15, 0.2) is 4.80 Å². The van der Waals surface area contributed by atoms with Crippen LogP contribution in [0.3, 0.4) is 0 Å². The van der Waals surface area contributed by atoms with E-state index in [1.807, 2.05) is 30.0 Å². The average molecular weight is 450 g/mol. The van der Waals surface area contributed by atoms with Crippen LogP contribution in [-0.2, 0) is 25.7 Å². The Balaban J connectivity index is 1.70. The number of carbonyl (C=O) groups excluding carboxylic acids is 3. The molecule has 0 N–H and O–H groups in total. The molecule has 1 atom stereocenters. The van der Waals surface area contributed by atoms with Crippen LogP contribution in [0.2, 0.25) is 0 Å². The van der Waals surface area contributed by atoms with E-state index in [0.717, 1.165) is 41.6 Å². The van der Waals surface area contributed by atoms with Crippen molar-refractivity contribution in [1.29, 1.82) is 0 Å². The van der Waals surface area contributed by atoms with Gasteiger partial charge in [-0.2, -0.15) is 4.99 Å². The maximum absolute atomic E-state index is 12.5. The normalized spacial score (nSPS) is 17.4. The predicted octanol–water partition coefficient (Wildman–Crippen LogP) is 2.75. The molecule has 1 unspecified atom stereocenters. The number of aryl methyl sites for hydroxylation is 1. The molecule has 2 amide bonds. The van der Waals surface area contributed by atoms with Crippen LogP contribution in [-0.4, -0.2) is 58.5 Å². The van der Waals surface area contributed by atoms with Crippen molar-refractivity contribution < 1.29 is 19.1 Å². The lowest BCUT2D eigenvalue weighted by Crippen LogP contribution is -2.43. The van der Waals surface area contributed by atoms with Gasteiger partial charge in [0.1, 0.15) is 6.54 Å². The second kappa shape index (κ2) is 10.3. The molecule has 1 aromatic heterocycles. The van der Waals surface area contributed by atoms with Crippen LogP contribution in [0.15, 0.2) is 23.2 Å². The number of likely N-dealkylation sites (tertiary alicyclic amines) is 1. The lowest BCUT2D eigenvalue weighted by atomic mass is 10.0. The lowest BCUT2D eigenvalue weighted by Gasteiger charge is -2.33. The van der Waals surface area contributed by atoms with Crippen LogP contribution in [0.4, 0.5) is 0 Å². The first kappa shape index (κ1) is 22.6. The summed E-state index contributed by atoms with van der Waals surface area (Å²) in [5.74, 6) is -0.238. The van der Waals surface area contributed by atoms with Gasteiger partial charge in [-0.3, -0.25) is 14.4 Å². The van der Waals surface area contributed by atoms with Crippen LogP contribution in [0, 0.1) is 6.92 Å². The zero-order valence-corrected chi connectivity index (χ0v) is 19.2. The van der Waals surface area contributed by atoms with E-state index in [4.69, 9.17) is 4.74 Å². The number of nitrogens with zero attached hydrogens (tertiary/aromatic N) is 3. The molecule has 1 aliphatic heterocycles. The number of rotatable bonds is 6. The van der Waals surface area contributed by atoms with Crippen molar-refractivity contribution in [3.8, 4) is 0 Å². The smallest absolute Gasteiger partial charge is 0.325 e. The minimum absolute atomic E-state index is 0.00977. The number of esters is 1. The summed E-state index contributed by atoms with van der Waals surface area (Å²) in [5, 5.41) is 0. The van der Waals surface area contributed by atoms with Crippen molar-refractivity contribution in [3.63, 3.8) is 0 Å². The molecule has 7 nitrogen and oxygen atoms in total. The van der Waals surface area contributed by atoms with E-state index in [9.17, 15) is 14.4 Å². The summed E-state index contributed by atoms with van der Waals surface area (Å²) in [4.78, 5) is 43.3. The summed E-state index contributed by atoms with van der Waals surface area (Å²) < 4.78 is 7.44. The fourth-order valence-electron chi connectivity index (χ4n) is 3.53. The highest BCUT2D eigenvalue weighted by molar-refractivity contribution is 8.00. The number of hydrogen-bond acceptors (Lipinski definition) is 6. The Kier molecular flexibility index (Phi) is 7.71. The van der Waals surface area contributed by atoms with E-state index < -0.39 is 5.97 Å². The number of thiazole rings is 1. The summed E-state index contributed by atoms with van der Waals surface area (Å²) >= 11 is 2.65. The predicted molar refractivity (Wildman–Crippen MR) is 119 cm³/mol. The molecular weight excluding hydrogens is 422 g/mol. The second-order valence-electron chi connectivity index (χ2n) is 7.45. The first-order valence-corrected chi connectivity index (χ1v) is 12.0. The summed E-state index contributed by atoms with van der Waals surface area (Å²) in [6, 6.07) is 6.15. The summed E-state index contributed by atoms with van der Waals surface area (Å²) in [7, 11) is 1.33. The standard InChI is InChI=1S/C21H27N3O4S2/c1-14-7-8-16-17(10-14)30-21(24(16)11-20(27)28-3)22-18(25)12-29-13-19(26)23-9-5-4-6-15(23)2/h7-8,10,15H,4-6,9,11-13H2,1-3H3. The maximum Gasteiger partial charge on any atom is 0.325 e. The maximum atomic E-state index is 12.5. The number of amides is 2. The molecule has 2 heterocycles. The highest BCUT2D eigenvalue weighted by Gasteiger charge is 2.23. The fraction of sp³-hybridized carbons (Fsp3) is 0.524. The third kappa shape index (κ3) is 5.51. The Bertz CT molecular complexity index is 1010. The number of fused-ring (bicyclic) bond motifs is 1. The highest BCUT2D eigenvalue weighted by atomic mass is 32.2.